The summed E-state index contributed by atoms with van der Waals surface area (Å²) in [6.07, 6.45) is -2.13. The fourth-order valence-corrected chi connectivity index (χ4v) is 1.86. The number of hydrogen-bond acceptors (Lipinski definition) is 5. The zero-order chi connectivity index (χ0) is 11.6. The Kier molecular flexibility index (Phi) is 4.24. The molecule has 1 saturated heterocycles. The van der Waals surface area contributed by atoms with Crippen LogP contribution in [0.4, 0.5) is 0 Å². The molecule has 86 valence electrons. The summed E-state index contributed by atoms with van der Waals surface area (Å²) in [6, 6.07) is 0. The molecule has 1 heterocycles. The molecule has 0 aromatic carbocycles. The van der Waals surface area contributed by atoms with Gasteiger partial charge in [0.05, 0.1) is 0 Å². The third-order valence-electron chi connectivity index (χ3n) is 2.15. The Labute approximate surface area is 95.9 Å². The van der Waals surface area contributed by atoms with Crippen molar-refractivity contribution >= 4 is 27.7 Å². The van der Waals surface area contributed by atoms with Crippen LogP contribution >= 0.6 is 15.9 Å². The lowest BCUT2D eigenvalue weighted by Gasteiger charge is -2.35. The number of carbonyl (C=O) groups excluding carboxylic acids is 2. The number of hydrogen-bond donors (Lipinski definition) is 1. The van der Waals surface area contributed by atoms with Crippen LogP contribution in [0.5, 0.6) is 0 Å². The van der Waals surface area contributed by atoms with Crippen molar-refractivity contribution in [3.63, 3.8) is 0 Å². The molecule has 0 bridgehead atoms. The van der Waals surface area contributed by atoms with E-state index in [4.69, 9.17) is 9.47 Å². The van der Waals surface area contributed by atoms with Crippen molar-refractivity contribution in [1.29, 1.82) is 0 Å². The van der Waals surface area contributed by atoms with E-state index in [0.717, 1.165) is 0 Å². The highest BCUT2D eigenvalue weighted by molar-refractivity contribution is 9.09. The smallest absolute Gasteiger partial charge is 0.302 e. The van der Waals surface area contributed by atoms with E-state index in [1.54, 1.807) is 0 Å². The van der Waals surface area contributed by atoms with Crippen LogP contribution in [0, 0.1) is 0 Å². The van der Waals surface area contributed by atoms with Gasteiger partial charge in [0.15, 0.2) is 12.1 Å². The zero-order valence-electron chi connectivity index (χ0n) is 8.47. The summed E-state index contributed by atoms with van der Waals surface area (Å²) in [4.78, 5) is 21.4. The molecule has 6 heteroatoms. The molecule has 0 spiro atoms. The van der Waals surface area contributed by atoms with Gasteiger partial charge in [-0.1, -0.05) is 15.9 Å². The minimum atomic E-state index is -1.14. The lowest BCUT2D eigenvalue weighted by atomic mass is 10.0. The molecule has 15 heavy (non-hydrogen) atoms. The molecule has 0 aliphatic carbocycles. The second-order valence-corrected chi connectivity index (χ2v) is 4.51. The number of alkyl halides is 1. The van der Waals surface area contributed by atoms with E-state index >= 15 is 0 Å². The van der Waals surface area contributed by atoms with Crippen molar-refractivity contribution in [2.45, 2.75) is 43.6 Å². The Balaban J connectivity index is 2.68. The third kappa shape index (κ3) is 3.25. The van der Waals surface area contributed by atoms with Crippen LogP contribution < -0.4 is 0 Å². The summed E-state index contributed by atoms with van der Waals surface area (Å²) in [5.74, 6) is -0.633. The van der Waals surface area contributed by atoms with Gasteiger partial charge >= 0.3 is 5.97 Å². The summed E-state index contributed by atoms with van der Waals surface area (Å²) in [7, 11) is 0. The predicted octanol–water partition coefficient (Wildman–Crippen LogP) is 0.378. The average molecular weight is 281 g/mol. The van der Waals surface area contributed by atoms with Gasteiger partial charge in [-0.25, -0.2) is 0 Å². The molecule has 5 nitrogen and oxygen atoms in total. The summed E-state index contributed by atoms with van der Waals surface area (Å²) in [5, 5.41) is 9.47. The van der Waals surface area contributed by atoms with Crippen LogP contribution in [0.25, 0.3) is 0 Å². The minimum Gasteiger partial charge on any atom is -0.461 e. The number of aliphatic hydroxyl groups is 1. The fraction of sp³-hybridized carbons (Fsp3) is 0.778. The second kappa shape index (κ2) is 5.05. The predicted molar refractivity (Wildman–Crippen MR) is 54.4 cm³/mol. The quantitative estimate of drug-likeness (QED) is 0.585. The van der Waals surface area contributed by atoms with Crippen LogP contribution in [-0.4, -0.2) is 40.2 Å². The van der Waals surface area contributed by atoms with Crippen molar-refractivity contribution < 1.29 is 24.2 Å². The van der Waals surface area contributed by atoms with Gasteiger partial charge in [-0.15, -0.1) is 0 Å². The standard InChI is InChI=1S/C9H13BrO5/c1-4(11)6-3-7(14-5(2)12)8(10)9(13)15-6/h6-9,13H,3H2,1-2H3/t6-,7-,8+,9+/m1/s1. The average Bonchev–Trinajstić information content (AvgIpc) is 2.11. The van der Waals surface area contributed by atoms with E-state index in [9.17, 15) is 14.7 Å². The molecule has 0 aromatic rings. The first-order valence-corrected chi connectivity index (χ1v) is 5.48. The molecular formula is C9H13BrO5. The first kappa shape index (κ1) is 12.6. The number of ketones is 1. The SMILES string of the molecule is CC(=O)O[C@@H]1C[C@H](C(C)=O)O[C@H](O)[C@H]1Br. The Hall–Kier alpha value is -0.460. The number of esters is 1. The van der Waals surface area contributed by atoms with Gasteiger partial charge in [-0.2, -0.15) is 0 Å². The monoisotopic (exact) mass is 280 g/mol. The topological polar surface area (TPSA) is 72.8 Å². The number of halogens is 1. The van der Waals surface area contributed by atoms with Crippen LogP contribution in [0.1, 0.15) is 20.3 Å². The fourth-order valence-electron chi connectivity index (χ4n) is 1.41. The lowest BCUT2D eigenvalue weighted by Crippen LogP contribution is -2.48. The zero-order valence-corrected chi connectivity index (χ0v) is 10.1. The Morgan fingerprint density at radius 1 is 1.47 bits per heavy atom. The van der Waals surface area contributed by atoms with E-state index in [-0.39, 0.29) is 12.2 Å². The lowest BCUT2D eigenvalue weighted by molar-refractivity contribution is -0.195. The van der Waals surface area contributed by atoms with Crippen molar-refractivity contribution in [2.24, 2.45) is 0 Å². The van der Waals surface area contributed by atoms with Gasteiger partial charge in [0, 0.05) is 13.3 Å². The van der Waals surface area contributed by atoms with Crippen molar-refractivity contribution in [3.05, 3.63) is 0 Å². The highest BCUT2D eigenvalue weighted by atomic mass is 79.9. The van der Waals surface area contributed by atoms with Gasteiger partial charge < -0.3 is 14.6 Å². The second-order valence-electron chi connectivity index (χ2n) is 3.45. The van der Waals surface area contributed by atoms with Gasteiger partial charge in [-0.3, -0.25) is 9.59 Å². The molecule has 4 atom stereocenters. The first-order valence-electron chi connectivity index (χ1n) is 4.57. The first-order chi connectivity index (χ1) is 6.91. The van der Waals surface area contributed by atoms with Crippen LogP contribution in [-0.2, 0) is 19.1 Å². The minimum absolute atomic E-state index is 0.189. The Morgan fingerprint density at radius 2 is 2.07 bits per heavy atom. The number of rotatable bonds is 2. The molecule has 1 fully saturated rings. The molecular weight excluding hydrogens is 268 g/mol. The molecule has 0 saturated carbocycles. The van der Waals surface area contributed by atoms with E-state index in [1.807, 2.05) is 0 Å². The normalized spacial score (nSPS) is 36.0. The maximum absolute atomic E-state index is 11.1. The van der Waals surface area contributed by atoms with Gasteiger partial charge in [0.1, 0.15) is 17.0 Å². The molecule has 0 unspecified atom stereocenters. The van der Waals surface area contributed by atoms with Crippen LogP contribution in [0.2, 0.25) is 0 Å². The largest absolute Gasteiger partial charge is 0.461 e. The highest BCUT2D eigenvalue weighted by Crippen LogP contribution is 2.27. The van der Waals surface area contributed by atoms with E-state index in [2.05, 4.69) is 15.9 Å². The van der Waals surface area contributed by atoms with Crippen molar-refractivity contribution in [2.75, 3.05) is 0 Å². The summed E-state index contributed by atoms with van der Waals surface area (Å²) in [6.45, 7) is 2.65. The summed E-state index contributed by atoms with van der Waals surface area (Å²) in [5.41, 5.74) is 0. The number of Topliss-reactive ketones (excluding diaryl/α,β-unsaturated/α-hetero) is 1. The maximum Gasteiger partial charge on any atom is 0.302 e. The van der Waals surface area contributed by atoms with E-state index in [1.165, 1.54) is 13.8 Å². The number of carbonyl (C=O) groups is 2. The van der Waals surface area contributed by atoms with Crippen molar-refractivity contribution in [1.82, 2.24) is 0 Å². The molecule has 0 radical (unpaired) electrons. The molecule has 1 aliphatic rings. The molecule has 0 aromatic heterocycles. The Bertz CT molecular complexity index is 267. The summed E-state index contributed by atoms with van der Waals surface area (Å²) >= 11 is 3.16. The van der Waals surface area contributed by atoms with Crippen LogP contribution in [0.3, 0.4) is 0 Å². The molecule has 1 aliphatic heterocycles. The van der Waals surface area contributed by atoms with E-state index in [0.29, 0.717) is 0 Å². The Morgan fingerprint density at radius 3 is 2.53 bits per heavy atom. The van der Waals surface area contributed by atoms with Gasteiger partial charge in [0.25, 0.3) is 0 Å². The van der Waals surface area contributed by atoms with Crippen molar-refractivity contribution in [3.8, 4) is 0 Å². The van der Waals surface area contributed by atoms with Crippen LogP contribution in [0.15, 0.2) is 0 Å². The third-order valence-corrected chi connectivity index (χ3v) is 3.19. The van der Waals surface area contributed by atoms with Gasteiger partial charge in [-0.05, 0) is 6.92 Å². The maximum atomic E-state index is 11.1. The van der Waals surface area contributed by atoms with E-state index < -0.39 is 29.3 Å². The number of ether oxygens (including phenoxy) is 2. The van der Waals surface area contributed by atoms with Gasteiger partial charge in [0.2, 0.25) is 0 Å². The number of aliphatic hydroxyl groups excluding tert-OH is 1. The molecule has 0 amide bonds. The molecule has 1 rings (SSSR count). The highest BCUT2D eigenvalue weighted by Gasteiger charge is 2.39. The molecule has 1 N–H and O–H groups in total. The summed E-state index contributed by atoms with van der Waals surface area (Å²) < 4.78 is 10.0.